The molecule has 0 bridgehead atoms. The molecule has 0 atom stereocenters. The zero-order chi connectivity index (χ0) is 18.5. The van der Waals surface area contributed by atoms with E-state index in [9.17, 15) is 4.79 Å². The van der Waals surface area contributed by atoms with Crippen LogP contribution in [0.25, 0.3) is 0 Å². The molecule has 1 fully saturated rings. The fourth-order valence-electron chi connectivity index (χ4n) is 3.19. The lowest BCUT2D eigenvalue weighted by atomic mass is 9.93. The lowest BCUT2D eigenvalue weighted by molar-refractivity contribution is 0.0696. The number of rotatable bonds is 6. The van der Waals surface area contributed by atoms with Crippen molar-refractivity contribution in [1.82, 2.24) is 9.88 Å². The maximum Gasteiger partial charge on any atom is 0.335 e. The SMILES string of the molecule is COc1cc(C(=O)O)ccc1COc1cccc(C2CCN(C)CC2)n1. The first-order chi connectivity index (χ1) is 12.6. The molecule has 6 heteroatoms. The molecule has 1 aromatic carbocycles. The van der Waals surface area contributed by atoms with Crippen LogP contribution < -0.4 is 9.47 Å². The van der Waals surface area contributed by atoms with Crippen molar-refractivity contribution in [1.29, 1.82) is 0 Å². The summed E-state index contributed by atoms with van der Waals surface area (Å²) in [5.41, 5.74) is 2.04. The third kappa shape index (κ3) is 4.32. The number of hydrogen-bond donors (Lipinski definition) is 1. The van der Waals surface area contributed by atoms with Crippen LogP contribution in [0.2, 0.25) is 0 Å². The molecule has 3 rings (SSSR count). The number of benzene rings is 1. The van der Waals surface area contributed by atoms with Gasteiger partial charge in [-0.15, -0.1) is 0 Å². The molecule has 1 saturated heterocycles. The van der Waals surface area contributed by atoms with Crippen molar-refractivity contribution in [2.75, 3.05) is 27.2 Å². The average Bonchev–Trinajstić information content (AvgIpc) is 2.67. The van der Waals surface area contributed by atoms with Crippen LogP contribution in [0.1, 0.15) is 40.4 Å². The highest BCUT2D eigenvalue weighted by Gasteiger charge is 2.20. The van der Waals surface area contributed by atoms with E-state index in [1.165, 1.54) is 13.2 Å². The van der Waals surface area contributed by atoms with Crippen LogP contribution in [-0.2, 0) is 6.61 Å². The zero-order valence-corrected chi connectivity index (χ0v) is 15.1. The average molecular weight is 356 g/mol. The van der Waals surface area contributed by atoms with Gasteiger partial charge in [-0.25, -0.2) is 9.78 Å². The van der Waals surface area contributed by atoms with Gasteiger partial charge in [0.2, 0.25) is 5.88 Å². The molecule has 0 spiro atoms. The van der Waals surface area contributed by atoms with E-state index in [0.29, 0.717) is 17.5 Å². The minimum Gasteiger partial charge on any atom is -0.496 e. The number of nitrogens with zero attached hydrogens (tertiary/aromatic N) is 2. The second kappa shape index (κ2) is 8.19. The van der Waals surface area contributed by atoms with Gasteiger partial charge in [0.15, 0.2) is 0 Å². The molecular formula is C20H24N2O4. The number of pyridine rings is 1. The number of likely N-dealkylation sites (tertiary alicyclic amines) is 1. The molecule has 1 aliphatic rings. The summed E-state index contributed by atoms with van der Waals surface area (Å²) in [7, 11) is 3.66. The highest BCUT2D eigenvalue weighted by Crippen LogP contribution is 2.28. The normalized spacial score (nSPS) is 15.6. The Bertz CT molecular complexity index is 770. The maximum atomic E-state index is 11.1. The van der Waals surface area contributed by atoms with Crippen molar-refractivity contribution >= 4 is 5.97 Å². The number of ether oxygens (including phenoxy) is 2. The zero-order valence-electron chi connectivity index (χ0n) is 15.1. The molecule has 26 heavy (non-hydrogen) atoms. The fraction of sp³-hybridized carbons (Fsp3) is 0.400. The molecule has 0 radical (unpaired) electrons. The maximum absolute atomic E-state index is 11.1. The van der Waals surface area contributed by atoms with E-state index >= 15 is 0 Å². The molecule has 0 unspecified atom stereocenters. The summed E-state index contributed by atoms with van der Waals surface area (Å²) in [4.78, 5) is 18.1. The molecule has 1 aromatic heterocycles. The van der Waals surface area contributed by atoms with E-state index in [2.05, 4.69) is 23.0 Å². The first-order valence-corrected chi connectivity index (χ1v) is 8.75. The van der Waals surface area contributed by atoms with Gasteiger partial charge in [0.05, 0.1) is 12.7 Å². The highest BCUT2D eigenvalue weighted by atomic mass is 16.5. The van der Waals surface area contributed by atoms with Crippen LogP contribution in [0.15, 0.2) is 36.4 Å². The predicted octanol–water partition coefficient (Wildman–Crippen LogP) is 3.18. The van der Waals surface area contributed by atoms with Gasteiger partial charge < -0.3 is 19.5 Å². The van der Waals surface area contributed by atoms with Gasteiger partial charge in [-0.1, -0.05) is 12.1 Å². The van der Waals surface area contributed by atoms with Crippen molar-refractivity contribution in [3.05, 3.63) is 53.2 Å². The van der Waals surface area contributed by atoms with Crippen LogP contribution in [0.5, 0.6) is 11.6 Å². The van der Waals surface area contributed by atoms with Crippen LogP contribution in [-0.4, -0.2) is 48.2 Å². The first-order valence-electron chi connectivity index (χ1n) is 8.75. The third-order valence-corrected chi connectivity index (χ3v) is 4.79. The molecule has 0 aliphatic carbocycles. The minimum atomic E-state index is -0.983. The second-order valence-electron chi connectivity index (χ2n) is 6.60. The van der Waals surface area contributed by atoms with Gasteiger partial charge >= 0.3 is 5.97 Å². The van der Waals surface area contributed by atoms with Gasteiger partial charge in [0, 0.05) is 23.2 Å². The van der Waals surface area contributed by atoms with Crippen molar-refractivity contribution in [2.45, 2.75) is 25.4 Å². The minimum absolute atomic E-state index is 0.188. The molecule has 0 amide bonds. The Kier molecular flexibility index (Phi) is 5.73. The number of carboxylic acids is 1. The monoisotopic (exact) mass is 356 g/mol. The van der Waals surface area contributed by atoms with Crippen LogP contribution in [0.4, 0.5) is 0 Å². The number of carbonyl (C=O) groups is 1. The van der Waals surface area contributed by atoms with Gasteiger partial charge in [0.25, 0.3) is 0 Å². The fourth-order valence-corrected chi connectivity index (χ4v) is 3.19. The second-order valence-corrected chi connectivity index (χ2v) is 6.60. The molecule has 1 N–H and O–H groups in total. The Morgan fingerprint density at radius 2 is 2.04 bits per heavy atom. The quantitative estimate of drug-likeness (QED) is 0.857. The summed E-state index contributed by atoms with van der Waals surface area (Å²) in [6.07, 6.45) is 2.22. The Morgan fingerprint density at radius 1 is 1.27 bits per heavy atom. The number of aromatic nitrogens is 1. The van der Waals surface area contributed by atoms with E-state index in [1.807, 2.05) is 12.1 Å². The number of aromatic carboxylic acids is 1. The topological polar surface area (TPSA) is 71.9 Å². The van der Waals surface area contributed by atoms with Crippen LogP contribution >= 0.6 is 0 Å². The largest absolute Gasteiger partial charge is 0.496 e. The molecule has 2 heterocycles. The summed E-state index contributed by atoms with van der Waals surface area (Å²) >= 11 is 0. The number of carboxylic acid groups (broad SMARTS) is 1. The lowest BCUT2D eigenvalue weighted by Crippen LogP contribution is -2.29. The van der Waals surface area contributed by atoms with E-state index in [4.69, 9.17) is 14.6 Å². The molecule has 138 valence electrons. The van der Waals surface area contributed by atoms with Crippen molar-refractivity contribution in [2.24, 2.45) is 0 Å². The summed E-state index contributed by atoms with van der Waals surface area (Å²) < 4.78 is 11.1. The van der Waals surface area contributed by atoms with Crippen molar-refractivity contribution in [3.8, 4) is 11.6 Å². The smallest absolute Gasteiger partial charge is 0.335 e. The summed E-state index contributed by atoms with van der Waals surface area (Å²) in [5.74, 6) is 0.560. The number of piperidine rings is 1. The summed E-state index contributed by atoms with van der Waals surface area (Å²) in [6, 6.07) is 10.6. The molecule has 1 aliphatic heterocycles. The summed E-state index contributed by atoms with van der Waals surface area (Å²) in [6.45, 7) is 2.45. The predicted molar refractivity (Wildman–Crippen MR) is 98.0 cm³/mol. The number of hydrogen-bond acceptors (Lipinski definition) is 5. The Hall–Kier alpha value is -2.60. The van der Waals surface area contributed by atoms with E-state index in [1.54, 1.807) is 12.1 Å². The Morgan fingerprint density at radius 3 is 2.73 bits per heavy atom. The molecule has 6 nitrogen and oxygen atoms in total. The van der Waals surface area contributed by atoms with E-state index in [0.717, 1.165) is 37.2 Å². The first kappa shape index (κ1) is 18.2. The molecule has 2 aromatic rings. The molecule has 0 saturated carbocycles. The van der Waals surface area contributed by atoms with Crippen molar-refractivity contribution < 1.29 is 19.4 Å². The van der Waals surface area contributed by atoms with Crippen LogP contribution in [0, 0.1) is 0 Å². The standard InChI is InChI=1S/C20H24N2O4/c1-22-10-8-14(9-11-22)17-4-3-5-19(21-17)26-13-16-7-6-15(20(23)24)12-18(16)25-2/h3-7,12,14H,8-11,13H2,1-2H3,(H,23,24). The Balaban J connectivity index is 1.68. The highest BCUT2D eigenvalue weighted by molar-refractivity contribution is 5.88. The van der Waals surface area contributed by atoms with Crippen molar-refractivity contribution in [3.63, 3.8) is 0 Å². The summed E-state index contributed by atoms with van der Waals surface area (Å²) in [5, 5.41) is 9.07. The van der Waals surface area contributed by atoms with E-state index < -0.39 is 5.97 Å². The van der Waals surface area contributed by atoms with Gasteiger partial charge in [0.1, 0.15) is 12.4 Å². The van der Waals surface area contributed by atoms with Gasteiger partial charge in [-0.05, 0) is 51.2 Å². The van der Waals surface area contributed by atoms with Crippen LogP contribution in [0.3, 0.4) is 0 Å². The Labute approximate surface area is 153 Å². The number of methoxy groups -OCH3 is 1. The van der Waals surface area contributed by atoms with Gasteiger partial charge in [-0.2, -0.15) is 0 Å². The molecular weight excluding hydrogens is 332 g/mol. The third-order valence-electron chi connectivity index (χ3n) is 4.79. The van der Waals surface area contributed by atoms with E-state index in [-0.39, 0.29) is 12.2 Å². The van der Waals surface area contributed by atoms with Gasteiger partial charge in [-0.3, -0.25) is 0 Å². The lowest BCUT2D eigenvalue weighted by Gasteiger charge is -2.28.